The normalized spacial score (nSPS) is 20.7. The van der Waals surface area contributed by atoms with Gasteiger partial charge in [0.05, 0.1) is 26.4 Å². The molecule has 17 nitrogen and oxygen atoms in total. The maximum Gasteiger partial charge on any atom is 0.246 e. The zero-order chi connectivity index (χ0) is 48.2. The first kappa shape index (κ1) is 56.4. The van der Waals surface area contributed by atoms with Gasteiger partial charge in [0, 0.05) is 68.6 Å². The summed E-state index contributed by atoms with van der Waals surface area (Å²) in [7, 11) is 0. The predicted molar refractivity (Wildman–Crippen MR) is 258 cm³/mol. The lowest BCUT2D eigenvalue weighted by Gasteiger charge is -2.38. The first-order valence-electron chi connectivity index (χ1n) is 23.7. The minimum absolute atomic E-state index is 0.0258. The van der Waals surface area contributed by atoms with Gasteiger partial charge < -0.3 is 51.8 Å². The summed E-state index contributed by atoms with van der Waals surface area (Å²) in [6.07, 6.45) is 5.90. The zero-order valence-corrected chi connectivity index (χ0v) is 41.3. The molecular formula is C47H77N7O10S2. The molecule has 0 unspecified atom stereocenters. The molecule has 1 aromatic carbocycles. The smallest absolute Gasteiger partial charge is 0.246 e. The summed E-state index contributed by atoms with van der Waals surface area (Å²) in [6, 6.07) is 5.37. The summed E-state index contributed by atoms with van der Waals surface area (Å²) in [5, 5.41) is 17.7. The average molecular weight is 964 g/mol. The van der Waals surface area contributed by atoms with Gasteiger partial charge >= 0.3 is 0 Å². The SMILES string of the molecule is CC[C@H](C)[C@@H]1NC(=O)[C@H](CC(C)C)NC(=O)C2(CCCCC2)NC(=O)CCSCc2cccc(c2)CSC[C@@H](C(=O)NCCCOCCOCCOCCCNC(=O)CCC(N)=O)NC1=O. The number of hydrogen-bond acceptors (Lipinski definition) is 12. The highest BCUT2D eigenvalue weighted by atomic mass is 32.2. The Morgan fingerprint density at radius 3 is 2.05 bits per heavy atom. The number of nitrogens with one attached hydrogen (secondary N) is 6. The molecule has 1 saturated carbocycles. The summed E-state index contributed by atoms with van der Waals surface area (Å²) < 4.78 is 16.8. The minimum atomic E-state index is -1.12. The molecule has 0 saturated heterocycles. The molecule has 1 spiro atoms. The van der Waals surface area contributed by atoms with Gasteiger partial charge in [0.2, 0.25) is 41.4 Å². The van der Waals surface area contributed by atoms with Gasteiger partial charge in [-0.05, 0) is 55.1 Å². The van der Waals surface area contributed by atoms with Crippen LogP contribution in [0.5, 0.6) is 0 Å². The molecule has 1 aliphatic carbocycles. The molecule has 19 heteroatoms. The Hall–Kier alpha value is -3.91. The Morgan fingerprint density at radius 2 is 1.42 bits per heavy atom. The number of carbonyl (C=O) groups is 7. The van der Waals surface area contributed by atoms with Crippen LogP contribution in [-0.2, 0) is 59.3 Å². The zero-order valence-electron chi connectivity index (χ0n) is 39.6. The van der Waals surface area contributed by atoms with E-state index in [0.717, 1.165) is 30.4 Å². The van der Waals surface area contributed by atoms with Crippen LogP contribution in [-0.4, -0.2) is 129 Å². The molecule has 2 aliphatic rings. The lowest BCUT2D eigenvalue weighted by molar-refractivity contribution is -0.138. The number of rotatable bonds is 22. The van der Waals surface area contributed by atoms with E-state index in [1.165, 1.54) is 11.8 Å². The largest absolute Gasteiger partial charge is 0.379 e. The van der Waals surface area contributed by atoms with E-state index in [9.17, 15) is 33.6 Å². The fraction of sp³-hybridized carbons (Fsp3) is 0.723. The lowest BCUT2D eigenvalue weighted by atomic mass is 9.80. The van der Waals surface area contributed by atoms with E-state index < -0.39 is 41.4 Å². The number of thioether (sulfide) groups is 2. The van der Waals surface area contributed by atoms with Crippen LogP contribution < -0.4 is 37.6 Å². The number of benzene rings is 1. The Kier molecular flexibility index (Phi) is 27.3. The topological polar surface area (TPSA) is 245 Å². The van der Waals surface area contributed by atoms with Gasteiger partial charge in [0.25, 0.3) is 0 Å². The molecule has 8 N–H and O–H groups in total. The van der Waals surface area contributed by atoms with Gasteiger partial charge in [-0.25, -0.2) is 0 Å². The third-order valence-electron chi connectivity index (χ3n) is 11.5. The van der Waals surface area contributed by atoms with E-state index in [1.807, 2.05) is 39.8 Å². The van der Waals surface area contributed by atoms with E-state index in [2.05, 4.69) is 44.0 Å². The van der Waals surface area contributed by atoms with Crippen molar-refractivity contribution in [2.45, 2.75) is 140 Å². The molecule has 1 aliphatic heterocycles. The average Bonchev–Trinajstić information content (AvgIpc) is 3.29. The second-order valence-electron chi connectivity index (χ2n) is 17.6. The number of ether oxygens (including phenoxy) is 3. The molecule has 7 amide bonds. The van der Waals surface area contributed by atoms with Gasteiger partial charge in [0.1, 0.15) is 23.7 Å². The minimum Gasteiger partial charge on any atom is -0.379 e. The van der Waals surface area contributed by atoms with Crippen molar-refractivity contribution >= 4 is 64.9 Å². The summed E-state index contributed by atoms with van der Waals surface area (Å²) >= 11 is 3.17. The quantitative estimate of drug-likeness (QED) is 0.0829. The Morgan fingerprint density at radius 1 is 0.803 bits per heavy atom. The van der Waals surface area contributed by atoms with Crippen LogP contribution in [0.25, 0.3) is 0 Å². The monoisotopic (exact) mass is 964 g/mol. The number of fused-ring (bicyclic) bond motifs is 2. The van der Waals surface area contributed by atoms with Crippen molar-refractivity contribution in [1.29, 1.82) is 0 Å². The highest BCUT2D eigenvalue weighted by Gasteiger charge is 2.43. The maximum atomic E-state index is 14.2. The van der Waals surface area contributed by atoms with Crippen LogP contribution in [0.4, 0.5) is 0 Å². The summed E-state index contributed by atoms with van der Waals surface area (Å²) in [6.45, 7) is 10.8. The van der Waals surface area contributed by atoms with Gasteiger partial charge in [-0.2, -0.15) is 23.5 Å². The number of carbonyl (C=O) groups excluding carboxylic acids is 7. The molecule has 1 aromatic rings. The van der Waals surface area contributed by atoms with Crippen LogP contribution in [0, 0.1) is 11.8 Å². The van der Waals surface area contributed by atoms with E-state index in [0.29, 0.717) is 109 Å². The van der Waals surface area contributed by atoms with Crippen molar-refractivity contribution in [2.75, 3.05) is 64.2 Å². The van der Waals surface area contributed by atoms with Crippen molar-refractivity contribution in [2.24, 2.45) is 17.6 Å². The van der Waals surface area contributed by atoms with Crippen LogP contribution >= 0.6 is 23.5 Å². The van der Waals surface area contributed by atoms with Crippen molar-refractivity contribution in [3.63, 3.8) is 0 Å². The summed E-state index contributed by atoms with van der Waals surface area (Å²) in [5.41, 5.74) is 6.12. The number of hydrogen-bond donors (Lipinski definition) is 7. The molecule has 0 radical (unpaired) electrons. The third kappa shape index (κ3) is 22.3. The molecule has 372 valence electrons. The van der Waals surface area contributed by atoms with Crippen LogP contribution in [0.3, 0.4) is 0 Å². The fourth-order valence-electron chi connectivity index (χ4n) is 7.53. The Bertz CT molecular complexity index is 1680. The van der Waals surface area contributed by atoms with Gasteiger partial charge in [0.15, 0.2) is 0 Å². The number of amides is 7. The summed E-state index contributed by atoms with van der Waals surface area (Å²) in [4.78, 5) is 91.9. The van der Waals surface area contributed by atoms with Crippen LogP contribution in [0.2, 0.25) is 0 Å². The van der Waals surface area contributed by atoms with Crippen molar-refractivity contribution in [3.05, 3.63) is 35.4 Å². The lowest BCUT2D eigenvalue weighted by Crippen LogP contribution is -2.64. The molecule has 1 heterocycles. The first-order chi connectivity index (χ1) is 31.7. The second kappa shape index (κ2) is 32.0. The molecule has 66 heavy (non-hydrogen) atoms. The Labute approximate surface area is 400 Å². The predicted octanol–water partition coefficient (Wildman–Crippen LogP) is 3.25. The van der Waals surface area contributed by atoms with Crippen LogP contribution in [0.15, 0.2) is 24.3 Å². The molecule has 2 bridgehead atoms. The van der Waals surface area contributed by atoms with Crippen molar-refractivity contribution in [1.82, 2.24) is 31.9 Å². The van der Waals surface area contributed by atoms with E-state index in [1.54, 1.807) is 11.8 Å². The molecule has 0 aromatic heterocycles. The maximum absolute atomic E-state index is 14.2. The van der Waals surface area contributed by atoms with Gasteiger partial charge in [-0.1, -0.05) is 77.6 Å². The van der Waals surface area contributed by atoms with Crippen molar-refractivity contribution in [3.8, 4) is 0 Å². The van der Waals surface area contributed by atoms with Gasteiger partial charge in [-0.15, -0.1) is 0 Å². The van der Waals surface area contributed by atoms with E-state index >= 15 is 0 Å². The first-order valence-corrected chi connectivity index (χ1v) is 26.1. The second-order valence-corrected chi connectivity index (χ2v) is 19.7. The standard InChI is InChI=1S/C47H77N7O10S2/c1-5-34(4)42-45(60)51-38(43(58)50-20-11-22-63-24-26-64-25-23-62-21-10-19-49-40(56)15-14-39(48)55)32-66-31-36-13-9-12-35(29-36)30-65-27-16-41(57)54-47(17-7-6-8-18-47)46(61)52-37(28-33(2)3)44(59)53-42/h9,12-13,29,33-34,37-38,42H,5-8,10-11,14-28,30-32H2,1-4H3,(H2,48,55)(H,49,56)(H,50,58)(H,51,60)(H,52,61)(H,53,59)(H,54,57)/t34-,37-,38-,42-/m0/s1. The molecular weight excluding hydrogens is 887 g/mol. The Balaban J connectivity index is 1.60. The fourth-order valence-corrected chi connectivity index (χ4v) is 9.42. The number of nitrogens with two attached hydrogens (primary N) is 1. The van der Waals surface area contributed by atoms with Crippen molar-refractivity contribution < 1.29 is 47.8 Å². The van der Waals surface area contributed by atoms with E-state index in [4.69, 9.17) is 19.9 Å². The molecule has 4 atom stereocenters. The summed E-state index contributed by atoms with van der Waals surface area (Å²) in [5.74, 6) is -0.686. The van der Waals surface area contributed by atoms with E-state index in [-0.39, 0.29) is 60.5 Å². The highest BCUT2D eigenvalue weighted by molar-refractivity contribution is 7.98. The third-order valence-corrected chi connectivity index (χ3v) is 13.6. The highest BCUT2D eigenvalue weighted by Crippen LogP contribution is 2.29. The number of primary amides is 1. The molecule has 3 rings (SSSR count). The van der Waals surface area contributed by atoms with Crippen LogP contribution in [0.1, 0.15) is 116 Å². The molecule has 1 fully saturated rings. The van der Waals surface area contributed by atoms with Gasteiger partial charge in [-0.3, -0.25) is 33.6 Å².